The number of phenols is 1. The first-order chi connectivity index (χ1) is 9.09. The molecule has 0 heterocycles. The molecule has 5 heteroatoms. The summed E-state index contributed by atoms with van der Waals surface area (Å²) in [7, 11) is 0. The van der Waals surface area contributed by atoms with E-state index in [1.807, 2.05) is 0 Å². The van der Waals surface area contributed by atoms with E-state index in [0.29, 0.717) is 10.3 Å². The van der Waals surface area contributed by atoms with Gasteiger partial charge in [-0.2, -0.15) is 0 Å². The summed E-state index contributed by atoms with van der Waals surface area (Å²) in [5.41, 5.74) is 0. The third-order valence-corrected chi connectivity index (χ3v) is 6.08. The van der Waals surface area contributed by atoms with Crippen LogP contribution in [-0.4, -0.2) is 10.4 Å². The van der Waals surface area contributed by atoms with Gasteiger partial charge in [0, 0.05) is 10.1 Å². The minimum Gasteiger partial charge on any atom is -0.505 e. The average Bonchev–Trinajstić information content (AvgIpc) is 2.36. The molecule has 0 aromatic heterocycles. The molecule has 1 fully saturated rings. The largest absolute Gasteiger partial charge is 0.505 e. The van der Waals surface area contributed by atoms with Gasteiger partial charge in [-0.25, -0.2) is 0 Å². The number of hydrogen-bond acceptors (Lipinski definition) is 2. The third kappa shape index (κ3) is 4.10. The molecule has 0 atom stereocenters. The number of hydrogen-bond donors (Lipinski definition) is 1. The SMILES string of the molecule is Oc1c(Cl)cc(SC2CCCCCCC2)c(Cl)c1Cl. The maximum Gasteiger partial charge on any atom is 0.154 e. The molecule has 1 saturated carbocycles. The molecule has 0 unspecified atom stereocenters. The van der Waals surface area contributed by atoms with Gasteiger partial charge in [0.25, 0.3) is 0 Å². The second-order valence-electron chi connectivity index (χ2n) is 4.92. The summed E-state index contributed by atoms with van der Waals surface area (Å²) in [5.74, 6) is -0.129. The topological polar surface area (TPSA) is 20.2 Å². The molecular weight excluding hydrogens is 323 g/mol. The molecule has 19 heavy (non-hydrogen) atoms. The molecule has 1 aromatic carbocycles. The number of rotatable bonds is 2. The zero-order chi connectivity index (χ0) is 13.8. The predicted molar refractivity (Wildman–Crippen MR) is 85.1 cm³/mol. The lowest BCUT2D eigenvalue weighted by Crippen LogP contribution is -2.05. The second-order valence-corrected chi connectivity index (χ2v) is 7.42. The fourth-order valence-electron chi connectivity index (χ4n) is 2.37. The summed E-state index contributed by atoms with van der Waals surface area (Å²) in [6, 6.07) is 1.72. The van der Waals surface area contributed by atoms with Gasteiger partial charge in [-0.3, -0.25) is 0 Å². The van der Waals surface area contributed by atoms with Crippen LogP contribution >= 0.6 is 46.6 Å². The Bertz CT molecular complexity index is 443. The molecule has 2 rings (SSSR count). The fraction of sp³-hybridized carbons (Fsp3) is 0.571. The first-order valence-electron chi connectivity index (χ1n) is 6.62. The van der Waals surface area contributed by atoms with E-state index in [2.05, 4.69) is 0 Å². The first-order valence-corrected chi connectivity index (χ1v) is 8.64. The molecule has 1 N–H and O–H groups in total. The quantitative estimate of drug-likeness (QED) is 0.616. The standard InChI is InChI=1S/C14H17Cl3OS/c15-10-8-11(12(16)13(17)14(10)18)19-9-6-4-2-1-3-5-7-9/h8-9,18H,1-7H2. The lowest BCUT2D eigenvalue weighted by atomic mass is 10.0. The highest BCUT2D eigenvalue weighted by Gasteiger charge is 2.18. The Kier molecular flexibility index (Phi) is 6.01. The van der Waals surface area contributed by atoms with Crippen molar-refractivity contribution >= 4 is 46.6 Å². The predicted octanol–water partition coefficient (Wildman–Crippen LogP) is 6.56. The number of aromatic hydroxyl groups is 1. The van der Waals surface area contributed by atoms with E-state index in [1.165, 1.54) is 44.9 Å². The van der Waals surface area contributed by atoms with Gasteiger partial charge >= 0.3 is 0 Å². The van der Waals surface area contributed by atoms with Gasteiger partial charge in [0.15, 0.2) is 5.75 Å². The zero-order valence-electron chi connectivity index (χ0n) is 10.6. The first kappa shape index (κ1) is 15.6. The van der Waals surface area contributed by atoms with Crippen molar-refractivity contribution in [3.05, 3.63) is 21.1 Å². The van der Waals surface area contributed by atoms with Crippen molar-refractivity contribution in [2.75, 3.05) is 0 Å². The molecule has 0 spiro atoms. The summed E-state index contributed by atoms with van der Waals surface area (Å²) >= 11 is 19.9. The van der Waals surface area contributed by atoms with Crippen LogP contribution in [0.1, 0.15) is 44.9 Å². The van der Waals surface area contributed by atoms with Gasteiger partial charge in [-0.1, -0.05) is 66.9 Å². The molecule has 0 radical (unpaired) electrons. The smallest absolute Gasteiger partial charge is 0.154 e. The summed E-state index contributed by atoms with van der Waals surface area (Å²) in [4.78, 5) is 0.875. The maximum atomic E-state index is 9.64. The Hall–Kier alpha value is 0.240. The van der Waals surface area contributed by atoms with Gasteiger partial charge in [-0.05, 0) is 18.9 Å². The summed E-state index contributed by atoms with van der Waals surface area (Å²) in [6.45, 7) is 0. The van der Waals surface area contributed by atoms with E-state index < -0.39 is 0 Å². The number of thioether (sulfide) groups is 1. The highest BCUT2D eigenvalue weighted by Crippen LogP contribution is 2.45. The highest BCUT2D eigenvalue weighted by molar-refractivity contribution is 8.00. The monoisotopic (exact) mass is 338 g/mol. The Balaban J connectivity index is 2.13. The minimum atomic E-state index is -0.129. The molecule has 106 valence electrons. The average molecular weight is 340 g/mol. The van der Waals surface area contributed by atoms with Crippen molar-refractivity contribution < 1.29 is 5.11 Å². The lowest BCUT2D eigenvalue weighted by Gasteiger charge is -2.20. The number of phenolic OH excluding ortho intramolecular Hbond substituents is 1. The van der Waals surface area contributed by atoms with Crippen LogP contribution in [0.25, 0.3) is 0 Å². The van der Waals surface area contributed by atoms with E-state index in [9.17, 15) is 5.11 Å². The van der Waals surface area contributed by atoms with Crippen LogP contribution in [0.3, 0.4) is 0 Å². The molecular formula is C14H17Cl3OS. The van der Waals surface area contributed by atoms with Crippen molar-refractivity contribution in [1.82, 2.24) is 0 Å². The normalized spacial score (nSPS) is 18.1. The molecule has 1 aliphatic carbocycles. The Morgan fingerprint density at radius 1 is 0.947 bits per heavy atom. The molecule has 0 saturated heterocycles. The molecule has 1 aromatic rings. The van der Waals surface area contributed by atoms with Crippen molar-refractivity contribution in [2.45, 2.75) is 55.1 Å². The van der Waals surface area contributed by atoms with Gasteiger partial charge in [0.05, 0.1) is 10.0 Å². The van der Waals surface area contributed by atoms with E-state index in [0.717, 1.165) is 4.90 Å². The molecule has 1 nitrogen and oxygen atoms in total. The third-order valence-electron chi connectivity index (χ3n) is 3.45. The van der Waals surface area contributed by atoms with Gasteiger partial charge in [0.2, 0.25) is 0 Å². The summed E-state index contributed by atoms with van der Waals surface area (Å²) in [6.07, 6.45) is 8.96. The van der Waals surface area contributed by atoms with Gasteiger partial charge in [-0.15, -0.1) is 11.8 Å². The van der Waals surface area contributed by atoms with Crippen molar-refractivity contribution in [3.8, 4) is 5.75 Å². The van der Waals surface area contributed by atoms with Gasteiger partial charge in [0.1, 0.15) is 5.02 Å². The Morgan fingerprint density at radius 2 is 1.53 bits per heavy atom. The van der Waals surface area contributed by atoms with E-state index in [-0.39, 0.29) is 15.8 Å². The van der Waals surface area contributed by atoms with Crippen LogP contribution < -0.4 is 0 Å². The Morgan fingerprint density at radius 3 is 2.16 bits per heavy atom. The van der Waals surface area contributed by atoms with Crippen LogP contribution in [-0.2, 0) is 0 Å². The summed E-state index contributed by atoms with van der Waals surface area (Å²) in [5, 5.41) is 11.0. The van der Waals surface area contributed by atoms with Crippen LogP contribution in [0.2, 0.25) is 15.1 Å². The van der Waals surface area contributed by atoms with Crippen LogP contribution in [0.15, 0.2) is 11.0 Å². The second kappa shape index (κ2) is 7.31. The van der Waals surface area contributed by atoms with Crippen molar-refractivity contribution in [1.29, 1.82) is 0 Å². The van der Waals surface area contributed by atoms with Crippen LogP contribution in [0.4, 0.5) is 0 Å². The minimum absolute atomic E-state index is 0.129. The van der Waals surface area contributed by atoms with E-state index in [1.54, 1.807) is 17.8 Å². The number of benzene rings is 1. The van der Waals surface area contributed by atoms with Crippen LogP contribution in [0.5, 0.6) is 5.75 Å². The summed E-state index contributed by atoms with van der Waals surface area (Å²) < 4.78 is 0. The molecule has 0 bridgehead atoms. The maximum absolute atomic E-state index is 9.64. The molecule has 0 amide bonds. The molecule has 1 aliphatic rings. The van der Waals surface area contributed by atoms with Gasteiger partial charge < -0.3 is 5.11 Å². The Labute approximate surface area is 133 Å². The van der Waals surface area contributed by atoms with Crippen molar-refractivity contribution in [2.24, 2.45) is 0 Å². The van der Waals surface area contributed by atoms with E-state index >= 15 is 0 Å². The van der Waals surface area contributed by atoms with E-state index in [4.69, 9.17) is 34.8 Å². The fourth-order valence-corrected chi connectivity index (χ4v) is 4.54. The molecule has 0 aliphatic heterocycles. The van der Waals surface area contributed by atoms with Crippen molar-refractivity contribution in [3.63, 3.8) is 0 Å². The highest BCUT2D eigenvalue weighted by atomic mass is 35.5. The number of halogens is 3. The lowest BCUT2D eigenvalue weighted by molar-refractivity contribution is 0.475. The zero-order valence-corrected chi connectivity index (χ0v) is 13.7. The van der Waals surface area contributed by atoms with Crippen LogP contribution in [0, 0.1) is 0 Å².